The summed E-state index contributed by atoms with van der Waals surface area (Å²) in [6.07, 6.45) is 2.64. The van der Waals surface area contributed by atoms with Gasteiger partial charge in [-0.05, 0) is 32.4 Å². The SMILES string of the molecule is CCCNc1ncccc1C(=O)N(CC)CC(C)C#N. The molecule has 0 saturated heterocycles. The Morgan fingerprint density at radius 3 is 2.90 bits per heavy atom. The molecule has 0 spiro atoms. The van der Waals surface area contributed by atoms with Crippen LogP contribution in [0.2, 0.25) is 0 Å². The highest BCUT2D eigenvalue weighted by atomic mass is 16.2. The van der Waals surface area contributed by atoms with Crippen molar-refractivity contribution in [2.45, 2.75) is 27.2 Å². The van der Waals surface area contributed by atoms with E-state index < -0.39 is 0 Å². The zero-order valence-corrected chi connectivity index (χ0v) is 12.4. The highest BCUT2D eigenvalue weighted by molar-refractivity contribution is 5.98. The van der Waals surface area contributed by atoms with Crippen LogP contribution < -0.4 is 5.32 Å². The summed E-state index contributed by atoms with van der Waals surface area (Å²) in [6.45, 7) is 7.58. The topological polar surface area (TPSA) is 69.0 Å². The molecule has 108 valence electrons. The Bertz CT molecular complexity index is 481. The number of pyridine rings is 1. The lowest BCUT2D eigenvalue weighted by Gasteiger charge is -2.23. The van der Waals surface area contributed by atoms with Gasteiger partial charge in [-0.2, -0.15) is 5.26 Å². The van der Waals surface area contributed by atoms with E-state index in [1.807, 2.05) is 13.8 Å². The van der Waals surface area contributed by atoms with Gasteiger partial charge in [-0.3, -0.25) is 4.79 Å². The molecule has 0 radical (unpaired) electrons. The van der Waals surface area contributed by atoms with Crippen molar-refractivity contribution in [2.75, 3.05) is 25.0 Å². The summed E-state index contributed by atoms with van der Waals surface area (Å²) >= 11 is 0. The summed E-state index contributed by atoms with van der Waals surface area (Å²) in [6, 6.07) is 5.69. The normalized spacial score (nSPS) is 11.5. The molecule has 5 nitrogen and oxygen atoms in total. The van der Waals surface area contributed by atoms with Gasteiger partial charge in [0, 0.05) is 25.8 Å². The van der Waals surface area contributed by atoms with Crippen LogP contribution in [0.25, 0.3) is 0 Å². The van der Waals surface area contributed by atoms with Crippen molar-refractivity contribution in [3.8, 4) is 6.07 Å². The molecule has 1 aromatic heterocycles. The Kier molecular flexibility index (Phi) is 6.51. The third kappa shape index (κ3) is 4.23. The van der Waals surface area contributed by atoms with E-state index in [1.165, 1.54) is 0 Å². The molecule has 0 bridgehead atoms. The molecule has 0 aliphatic rings. The molecule has 0 aromatic carbocycles. The molecule has 1 atom stereocenters. The van der Waals surface area contributed by atoms with E-state index >= 15 is 0 Å². The molecule has 1 aromatic rings. The number of amides is 1. The molecule has 5 heteroatoms. The Balaban J connectivity index is 2.92. The zero-order valence-electron chi connectivity index (χ0n) is 12.4. The highest BCUT2D eigenvalue weighted by Crippen LogP contribution is 2.15. The fourth-order valence-corrected chi connectivity index (χ4v) is 1.86. The molecule has 1 amide bonds. The lowest BCUT2D eigenvalue weighted by atomic mass is 10.1. The van der Waals surface area contributed by atoms with E-state index in [-0.39, 0.29) is 11.8 Å². The number of nitriles is 1. The van der Waals surface area contributed by atoms with Gasteiger partial charge in [-0.25, -0.2) is 4.98 Å². The van der Waals surface area contributed by atoms with Crippen molar-refractivity contribution in [3.63, 3.8) is 0 Å². The number of nitrogens with one attached hydrogen (secondary N) is 1. The monoisotopic (exact) mass is 274 g/mol. The molecule has 0 saturated carbocycles. The second-order valence-electron chi connectivity index (χ2n) is 4.70. The summed E-state index contributed by atoms with van der Waals surface area (Å²) in [5.74, 6) is 0.353. The van der Waals surface area contributed by atoms with Gasteiger partial charge in [0.05, 0.1) is 17.6 Å². The predicted molar refractivity (Wildman–Crippen MR) is 79.4 cm³/mol. The fraction of sp³-hybridized carbons (Fsp3) is 0.533. The number of carbonyl (C=O) groups is 1. The lowest BCUT2D eigenvalue weighted by Crippen LogP contribution is -2.34. The van der Waals surface area contributed by atoms with Crippen LogP contribution in [0.3, 0.4) is 0 Å². The van der Waals surface area contributed by atoms with Gasteiger partial charge in [-0.15, -0.1) is 0 Å². The first-order valence-corrected chi connectivity index (χ1v) is 7.01. The van der Waals surface area contributed by atoms with E-state index in [2.05, 4.69) is 23.3 Å². The third-order valence-electron chi connectivity index (χ3n) is 2.96. The summed E-state index contributed by atoms with van der Waals surface area (Å²) in [4.78, 5) is 18.5. The maximum atomic E-state index is 12.5. The average Bonchev–Trinajstić information content (AvgIpc) is 2.49. The molecule has 1 heterocycles. The van der Waals surface area contributed by atoms with Gasteiger partial charge in [0.15, 0.2) is 0 Å². The summed E-state index contributed by atoms with van der Waals surface area (Å²) in [5.41, 5.74) is 0.563. The van der Waals surface area contributed by atoms with Crippen LogP contribution in [0.5, 0.6) is 0 Å². The molecular formula is C15H22N4O. The first kappa shape index (κ1) is 16.0. The van der Waals surface area contributed by atoms with E-state index in [1.54, 1.807) is 23.2 Å². The van der Waals surface area contributed by atoms with Crippen molar-refractivity contribution >= 4 is 11.7 Å². The van der Waals surface area contributed by atoms with Gasteiger partial charge in [0.2, 0.25) is 0 Å². The molecular weight excluding hydrogens is 252 g/mol. The third-order valence-corrected chi connectivity index (χ3v) is 2.96. The number of rotatable bonds is 7. The van der Waals surface area contributed by atoms with Crippen LogP contribution in [-0.2, 0) is 0 Å². The Hall–Kier alpha value is -2.09. The number of carbonyl (C=O) groups excluding carboxylic acids is 1. The Morgan fingerprint density at radius 2 is 2.30 bits per heavy atom. The highest BCUT2D eigenvalue weighted by Gasteiger charge is 2.19. The fourth-order valence-electron chi connectivity index (χ4n) is 1.86. The molecule has 0 aliphatic carbocycles. The number of nitrogens with zero attached hydrogens (tertiary/aromatic N) is 3. The van der Waals surface area contributed by atoms with Crippen molar-refractivity contribution in [2.24, 2.45) is 5.92 Å². The van der Waals surface area contributed by atoms with Crippen LogP contribution in [0, 0.1) is 17.2 Å². The smallest absolute Gasteiger partial charge is 0.257 e. The molecule has 1 N–H and O–H groups in total. The number of aromatic nitrogens is 1. The lowest BCUT2D eigenvalue weighted by molar-refractivity contribution is 0.0753. The first-order valence-electron chi connectivity index (χ1n) is 7.01. The summed E-state index contributed by atoms with van der Waals surface area (Å²) in [5, 5.41) is 12.1. The standard InChI is InChI=1S/C15H22N4O/c1-4-8-17-14-13(7-6-9-18-14)15(20)19(5-2)11-12(3)10-16/h6-7,9,12H,4-5,8,11H2,1-3H3,(H,17,18). The number of hydrogen-bond donors (Lipinski definition) is 1. The van der Waals surface area contributed by atoms with E-state index in [4.69, 9.17) is 5.26 Å². The van der Waals surface area contributed by atoms with Gasteiger partial charge in [0.1, 0.15) is 5.82 Å². The van der Waals surface area contributed by atoms with Crippen molar-refractivity contribution in [1.29, 1.82) is 5.26 Å². The van der Waals surface area contributed by atoms with Gasteiger partial charge in [0.25, 0.3) is 5.91 Å². The first-order chi connectivity index (χ1) is 9.63. The predicted octanol–water partition coefficient (Wildman–Crippen LogP) is 2.53. The Morgan fingerprint density at radius 1 is 1.55 bits per heavy atom. The van der Waals surface area contributed by atoms with Crippen molar-refractivity contribution in [3.05, 3.63) is 23.9 Å². The minimum atomic E-state index is -0.178. The minimum absolute atomic E-state index is 0.0821. The summed E-state index contributed by atoms with van der Waals surface area (Å²) in [7, 11) is 0. The number of anilines is 1. The van der Waals surface area contributed by atoms with E-state index in [0.29, 0.717) is 24.5 Å². The van der Waals surface area contributed by atoms with Crippen LogP contribution in [-0.4, -0.2) is 35.4 Å². The second kappa shape index (κ2) is 8.16. The van der Waals surface area contributed by atoms with E-state index in [9.17, 15) is 4.79 Å². The van der Waals surface area contributed by atoms with Crippen LogP contribution in [0.15, 0.2) is 18.3 Å². The molecule has 0 aliphatic heterocycles. The van der Waals surface area contributed by atoms with Gasteiger partial charge < -0.3 is 10.2 Å². The van der Waals surface area contributed by atoms with Crippen LogP contribution in [0.4, 0.5) is 5.82 Å². The van der Waals surface area contributed by atoms with Crippen molar-refractivity contribution in [1.82, 2.24) is 9.88 Å². The second-order valence-corrected chi connectivity index (χ2v) is 4.70. The Labute approximate surface area is 120 Å². The maximum Gasteiger partial charge on any atom is 0.257 e. The van der Waals surface area contributed by atoms with Crippen LogP contribution in [0.1, 0.15) is 37.6 Å². The van der Waals surface area contributed by atoms with Gasteiger partial charge in [-0.1, -0.05) is 6.92 Å². The molecule has 0 fully saturated rings. The quantitative estimate of drug-likeness (QED) is 0.829. The average molecular weight is 274 g/mol. The molecule has 20 heavy (non-hydrogen) atoms. The van der Waals surface area contributed by atoms with Crippen molar-refractivity contribution < 1.29 is 4.79 Å². The zero-order chi connectivity index (χ0) is 15.0. The summed E-state index contributed by atoms with van der Waals surface area (Å²) < 4.78 is 0. The molecule has 1 rings (SSSR count). The van der Waals surface area contributed by atoms with Gasteiger partial charge >= 0.3 is 0 Å². The van der Waals surface area contributed by atoms with E-state index in [0.717, 1.165) is 13.0 Å². The largest absolute Gasteiger partial charge is 0.369 e. The minimum Gasteiger partial charge on any atom is -0.369 e. The molecule has 1 unspecified atom stereocenters. The maximum absolute atomic E-state index is 12.5. The number of hydrogen-bond acceptors (Lipinski definition) is 4. The van der Waals surface area contributed by atoms with Crippen LogP contribution >= 0.6 is 0 Å².